The van der Waals surface area contributed by atoms with Crippen molar-refractivity contribution in [1.82, 2.24) is 0 Å². The topological polar surface area (TPSA) is 0 Å². The first-order valence-corrected chi connectivity index (χ1v) is 6.83. The molecule has 1 aromatic rings. The molecule has 0 radical (unpaired) electrons. The third-order valence-electron chi connectivity index (χ3n) is 3.19. The molecule has 0 aromatic heterocycles. The maximum absolute atomic E-state index is 8.70. The van der Waals surface area contributed by atoms with Crippen LogP contribution in [0.25, 0.3) is 0 Å². The Morgan fingerprint density at radius 2 is 1.17 bits per heavy atom. The Hall–Kier alpha value is -0.780. The van der Waals surface area contributed by atoms with Crippen LogP contribution in [-0.2, 0) is 16.2 Å². The second-order valence-corrected chi connectivity index (χ2v) is 8.33. The van der Waals surface area contributed by atoms with E-state index in [1.807, 2.05) is 6.07 Å². The maximum atomic E-state index is 8.70. The molecule has 0 unspecified atom stereocenters. The minimum Gasteiger partial charge on any atom is -0.0582 e. The Labute approximate surface area is 117 Å². The normalized spacial score (nSPS) is 15.4. The summed E-state index contributed by atoms with van der Waals surface area (Å²) in [5, 5.41) is 0. The summed E-state index contributed by atoms with van der Waals surface area (Å²) >= 11 is 0. The first-order chi connectivity index (χ1) is 8.67. The first-order valence-electron chi connectivity index (χ1n) is 7.83. The van der Waals surface area contributed by atoms with Crippen LogP contribution in [-0.4, -0.2) is 0 Å². The Bertz CT molecular complexity index is 506. The standard InChI is InChI=1S/C18H30/c1-16(2,3)13-10-11-14(17(4,5)6)15(12-13)18(7,8)9/h10-12H,1-9H3/i10D,12D. The maximum Gasteiger partial charge on any atom is 0.0629 e. The first kappa shape index (κ1) is 12.3. The van der Waals surface area contributed by atoms with Gasteiger partial charge in [0.2, 0.25) is 0 Å². The summed E-state index contributed by atoms with van der Waals surface area (Å²) < 4.78 is 17.1. The fourth-order valence-corrected chi connectivity index (χ4v) is 2.03. The highest BCUT2D eigenvalue weighted by molar-refractivity contribution is 5.42. The van der Waals surface area contributed by atoms with E-state index < -0.39 is 0 Å². The average molecular weight is 248 g/mol. The minimum atomic E-state index is -0.176. The molecule has 0 aliphatic heterocycles. The third kappa shape index (κ3) is 3.37. The molecule has 102 valence electrons. The van der Waals surface area contributed by atoms with Gasteiger partial charge >= 0.3 is 0 Å². The lowest BCUT2D eigenvalue weighted by Gasteiger charge is -2.32. The smallest absolute Gasteiger partial charge is 0.0582 e. The molecule has 0 amide bonds. The fraction of sp³-hybridized carbons (Fsp3) is 0.667. The molecule has 0 N–H and O–H groups in total. The van der Waals surface area contributed by atoms with Gasteiger partial charge in [-0.1, -0.05) is 80.5 Å². The van der Waals surface area contributed by atoms with E-state index in [1.54, 1.807) is 0 Å². The van der Waals surface area contributed by atoms with Crippen molar-refractivity contribution < 1.29 is 2.74 Å². The van der Waals surface area contributed by atoms with Crippen molar-refractivity contribution >= 4 is 0 Å². The van der Waals surface area contributed by atoms with Crippen molar-refractivity contribution in [1.29, 1.82) is 0 Å². The number of hydrogen-bond acceptors (Lipinski definition) is 0. The van der Waals surface area contributed by atoms with Crippen LogP contribution in [0.2, 0.25) is 0 Å². The van der Waals surface area contributed by atoms with Gasteiger partial charge < -0.3 is 0 Å². The van der Waals surface area contributed by atoms with Gasteiger partial charge in [0.1, 0.15) is 0 Å². The van der Waals surface area contributed by atoms with Crippen molar-refractivity contribution in [2.45, 2.75) is 78.6 Å². The zero-order valence-corrected chi connectivity index (χ0v) is 13.6. The van der Waals surface area contributed by atoms with Gasteiger partial charge in [-0.25, -0.2) is 0 Å². The Morgan fingerprint density at radius 3 is 1.50 bits per heavy atom. The van der Waals surface area contributed by atoms with E-state index >= 15 is 0 Å². The molecule has 0 aliphatic carbocycles. The predicted octanol–water partition coefficient (Wildman–Crippen LogP) is 5.58. The zero-order valence-electron chi connectivity index (χ0n) is 15.6. The summed E-state index contributed by atoms with van der Waals surface area (Å²) in [7, 11) is 0. The van der Waals surface area contributed by atoms with Crippen LogP contribution in [0.3, 0.4) is 0 Å². The highest BCUT2D eigenvalue weighted by Gasteiger charge is 2.26. The molecule has 0 nitrogen and oxygen atoms in total. The lowest BCUT2D eigenvalue weighted by Crippen LogP contribution is -2.23. The summed E-state index contributed by atoms with van der Waals surface area (Å²) in [6.07, 6.45) is 0. The van der Waals surface area contributed by atoms with Crippen LogP contribution < -0.4 is 0 Å². The van der Waals surface area contributed by atoms with E-state index in [0.717, 1.165) is 16.7 Å². The lowest BCUT2D eigenvalue weighted by atomic mass is 9.73. The van der Waals surface area contributed by atoms with Gasteiger partial charge in [-0.15, -0.1) is 0 Å². The molecule has 0 atom stereocenters. The van der Waals surface area contributed by atoms with Crippen LogP contribution in [0.4, 0.5) is 0 Å². The summed E-state index contributed by atoms with van der Waals surface area (Å²) in [6.45, 7) is 19.2. The summed E-state index contributed by atoms with van der Waals surface area (Å²) in [5.41, 5.74) is 2.76. The quantitative estimate of drug-likeness (QED) is 0.562. The number of benzene rings is 1. The molecular formula is C18H30. The van der Waals surface area contributed by atoms with Crippen LogP contribution in [0, 0.1) is 0 Å². The molecular weight excluding hydrogens is 216 g/mol. The molecule has 0 spiro atoms. The molecule has 0 aliphatic rings. The highest BCUT2D eigenvalue weighted by atomic mass is 14.3. The molecule has 1 rings (SSSR count). The monoisotopic (exact) mass is 248 g/mol. The van der Waals surface area contributed by atoms with Crippen molar-refractivity contribution in [3.63, 3.8) is 0 Å². The average Bonchev–Trinajstić information content (AvgIpc) is 2.09. The predicted molar refractivity (Wildman–Crippen MR) is 82.5 cm³/mol. The number of hydrogen-bond donors (Lipinski definition) is 0. The molecule has 0 saturated heterocycles. The Kier molecular flexibility index (Phi) is 3.00. The van der Waals surface area contributed by atoms with Gasteiger partial charge in [0.05, 0.1) is 2.74 Å². The van der Waals surface area contributed by atoms with Gasteiger partial charge in [0, 0.05) is 0 Å². The van der Waals surface area contributed by atoms with Gasteiger partial charge in [-0.05, 0) is 32.9 Å². The van der Waals surface area contributed by atoms with Crippen LogP contribution in [0.5, 0.6) is 0 Å². The molecule has 18 heavy (non-hydrogen) atoms. The zero-order chi connectivity index (χ0) is 16.1. The Morgan fingerprint density at radius 1 is 0.722 bits per heavy atom. The molecule has 0 heteroatoms. The SMILES string of the molecule is [2H]c1cc(C(C)(C)C)c(C(C)(C)C)c([2H])c1C(C)(C)C. The molecule has 0 fully saturated rings. The van der Waals surface area contributed by atoms with Gasteiger partial charge in [0.25, 0.3) is 0 Å². The molecule has 0 heterocycles. The number of rotatable bonds is 0. The summed E-state index contributed by atoms with van der Waals surface area (Å²) in [4.78, 5) is 0. The van der Waals surface area contributed by atoms with E-state index in [2.05, 4.69) is 62.3 Å². The fourth-order valence-electron chi connectivity index (χ4n) is 2.03. The summed E-state index contributed by atoms with van der Waals surface area (Å²) in [6, 6.07) is 3.04. The second-order valence-electron chi connectivity index (χ2n) is 8.33. The highest BCUT2D eigenvalue weighted by Crippen LogP contribution is 2.36. The summed E-state index contributed by atoms with van der Waals surface area (Å²) in [5.74, 6) is 0. The van der Waals surface area contributed by atoms with E-state index in [1.165, 1.54) is 0 Å². The largest absolute Gasteiger partial charge is 0.0629 e. The van der Waals surface area contributed by atoms with Gasteiger partial charge in [0.15, 0.2) is 0 Å². The molecule has 0 saturated carbocycles. The lowest BCUT2D eigenvalue weighted by molar-refractivity contribution is 0.523. The van der Waals surface area contributed by atoms with E-state index in [4.69, 9.17) is 2.74 Å². The minimum absolute atomic E-state index is 0.0510. The second kappa shape index (κ2) is 4.40. The van der Waals surface area contributed by atoms with Crippen LogP contribution in [0.15, 0.2) is 18.2 Å². The van der Waals surface area contributed by atoms with Gasteiger partial charge in [-0.2, -0.15) is 0 Å². The van der Waals surface area contributed by atoms with Gasteiger partial charge in [-0.3, -0.25) is 0 Å². The molecule has 1 aromatic carbocycles. The van der Waals surface area contributed by atoms with E-state index in [0.29, 0.717) is 12.1 Å². The van der Waals surface area contributed by atoms with Crippen molar-refractivity contribution in [3.8, 4) is 0 Å². The molecule has 0 bridgehead atoms. The van der Waals surface area contributed by atoms with Crippen molar-refractivity contribution in [3.05, 3.63) is 34.8 Å². The van der Waals surface area contributed by atoms with Crippen LogP contribution >= 0.6 is 0 Å². The van der Waals surface area contributed by atoms with Crippen molar-refractivity contribution in [2.24, 2.45) is 0 Å². The van der Waals surface area contributed by atoms with E-state index in [-0.39, 0.29) is 16.2 Å². The van der Waals surface area contributed by atoms with Crippen LogP contribution in [0.1, 0.15) is 81.7 Å². The Balaban J connectivity index is 3.86. The van der Waals surface area contributed by atoms with E-state index in [9.17, 15) is 0 Å². The van der Waals surface area contributed by atoms with Crippen molar-refractivity contribution in [2.75, 3.05) is 0 Å². The third-order valence-corrected chi connectivity index (χ3v) is 3.19.